The second kappa shape index (κ2) is 32.5. The normalized spacial score (nSPS) is 18.4. The van der Waals surface area contributed by atoms with E-state index in [1.165, 1.54) is 50.3 Å². The molecular formula is C81H72F18O4. The van der Waals surface area contributed by atoms with E-state index in [1.54, 1.807) is 37.3 Å². The Balaban J connectivity index is 0.000000160. The number of benzene rings is 8. The zero-order valence-electron chi connectivity index (χ0n) is 56.5. The van der Waals surface area contributed by atoms with E-state index in [-0.39, 0.29) is 71.3 Å². The van der Waals surface area contributed by atoms with Crippen LogP contribution in [-0.4, -0.2) is 26.4 Å². The molecule has 546 valence electrons. The van der Waals surface area contributed by atoms with Crippen LogP contribution in [0.4, 0.5) is 79.0 Å². The molecular weight excluding hydrogens is 1380 g/mol. The lowest BCUT2D eigenvalue weighted by Gasteiger charge is -2.34. The van der Waals surface area contributed by atoms with E-state index in [0.29, 0.717) is 23.7 Å². The molecule has 0 heterocycles. The minimum absolute atomic E-state index is 0.00356. The summed E-state index contributed by atoms with van der Waals surface area (Å²) in [6, 6.07) is 25.9. The van der Waals surface area contributed by atoms with Crippen LogP contribution in [0.15, 0.2) is 154 Å². The van der Waals surface area contributed by atoms with E-state index >= 15 is 0 Å². The van der Waals surface area contributed by atoms with Gasteiger partial charge in [-0.2, -0.15) is 13.2 Å². The molecule has 12 rings (SSSR count). The number of aryl methyl sites for hydroxylation is 3. The standard InChI is InChI=1S/C22H18F2O.C21H26F4O.2C19H14F6O/c1-3-14-25-19-11-9-17(10-12-19)16-5-7-18(8-6-16)20-13-4-15(2)21(23)22(20)24;1-3-5-13-6-8-14(9-7-13)16-11-15-12-17(26-10-4-2)19(22)20(23)18(15)21(16,24)25;2*1-3-6-26-13-8-10-7-12(11-5-4-9(2)15(20)16(11)21)19(24,25)14(10)18(23)17(13)22/h3-13H,1,14H2,2H3;4,12-14,16H,2-3,5-11H2,1H3;2*3-5,8,12H,1,6-7H2,2H3. The lowest BCUT2D eigenvalue weighted by Crippen LogP contribution is -2.31. The van der Waals surface area contributed by atoms with Crippen LogP contribution in [0, 0.1) is 108 Å². The van der Waals surface area contributed by atoms with Crippen LogP contribution in [0.1, 0.15) is 118 Å². The van der Waals surface area contributed by atoms with Gasteiger partial charge in [-0.1, -0.05) is 156 Å². The summed E-state index contributed by atoms with van der Waals surface area (Å²) in [5.74, 6) is -32.2. The van der Waals surface area contributed by atoms with E-state index in [4.69, 9.17) is 18.9 Å². The van der Waals surface area contributed by atoms with Crippen LogP contribution in [0.2, 0.25) is 0 Å². The van der Waals surface area contributed by atoms with Crippen molar-refractivity contribution in [3.8, 4) is 45.3 Å². The van der Waals surface area contributed by atoms with Crippen molar-refractivity contribution in [2.75, 3.05) is 26.4 Å². The molecule has 1 fully saturated rings. The monoisotopic (exact) mass is 1450 g/mol. The highest BCUT2D eigenvalue weighted by Crippen LogP contribution is 2.57. The fourth-order valence-corrected chi connectivity index (χ4v) is 13.7. The van der Waals surface area contributed by atoms with Crippen molar-refractivity contribution >= 4 is 0 Å². The summed E-state index contributed by atoms with van der Waals surface area (Å²) in [5.41, 5.74) is -1.31. The van der Waals surface area contributed by atoms with Gasteiger partial charge in [0.15, 0.2) is 69.6 Å². The first-order chi connectivity index (χ1) is 48.9. The summed E-state index contributed by atoms with van der Waals surface area (Å²) < 4.78 is 279. The van der Waals surface area contributed by atoms with Crippen molar-refractivity contribution < 1.29 is 98.0 Å². The number of fused-ring (bicyclic) bond motifs is 3. The number of rotatable bonds is 19. The van der Waals surface area contributed by atoms with Gasteiger partial charge in [0.25, 0.3) is 17.8 Å². The van der Waals surface area contributed by atoms with Crippen LogP contribution < -0.4 is 18.9 Å². The SMILES string of the molecule is C=CCOc1cc2c(c(F)c1F)C(F)(F)C(C1CCC(CCC)CC1)C2.C=CCOc1cc2c(c(F)c1F)C(F)(F)C(c1ccc(C)c(F)c1F)C2.C=CCOc1cc2c(c(F)c1F)C(F)(F)C(c1ccc(C)c(F)c1F)C2.C=CCOc1ccc(-c2ccc(-c3ccc(C)c(F)c3F)cc2)cc1. The van der Waals surface area contributed by atoms with Gasteiger partial charge in [0.05, 0.1) is 28.5 Å². The summed E-state index contributed by atoms with van der Waals surface area (Å²) in [4.78, 5) is 0. The molecule has 0 radical (unpaired) electrons. The highest BCUT2D eigenvalue weighted by Gasteiger charge is 2.56. The maximum Gasteiger partial charge on any atom is 0.283 e. The molecule has 22 heteroatoms. The van der Waals surface area contributed by atoms with Gasteiger partial charge in [-0.05, 0) is 145 Å². The molecule has 0 amide bonds. The van der Waals surface area contributed by atoms with Crippen LogP contribution >= 0.6 is 0 Å². The predicted molar refractivity (Wildman–Crippen MR) is 358 cm³/mol. The number of halogens is 18. The van der Waals surface area contributed by atoms with Crippen molar-refractivity contribution in [2.24, 2.45) is 17.8 Å². The van der Waals surface area contributed by atoms with Crippen LogP contribution in [0.25, 0.3) is 22.3 Å². The van der Waals surface area contributed by atoms with Crippen molar-refractivity contribution in [3.63, 3.8) is 0 Å². The minimum atomic E-state index is -3.90. The Kier molecular flexibility index (Phi) is 24.6. The van der Waals surface area contributed by atoms with Gasteiger partial charge in [0, 0.05) is 22.6 Å². The van der Waals surface area contributed by atoms with Gasteiger partial charge in [0.1, 0.15) is 32.2 Å². The van der Waals surface area contributed by atoms with E-state index < -0.39 is 157 Å². The van der Waals surface area contributed by atoms with Crippen LogP contribution in [0.3, 0.4) is 0 Å². The van der Waals surface area contributed by atoms with Crippen molar-refractivity contribution in [2.45, 2.75) is 115 Å². The molecule has 3 unspecified atom stereocenters. The largest absolute Gasteiger partial charge is 0.490 e. The lowest BCUT2D eigenvalue weighted by molar-refractivity contribution is -0.0843. The average Bonchev–Trinajstić information content (AvgIpc) is 1.60. The van der Waals surface area contributed by atoms with Gasteiger partial charge in [-0.3, -0.25) is 0 Å². The number of hydrogen-bond acceptors (Lipinski definition) is 4. The van der Waals surface area contributed by atoms with Gasteiger partial charge in [0.2, 0.25) is 17.5 Å². The molecule has 0 spiro atoms. The maximum atomic E-state index is 15.0. The Bertz CT molecular complexity index is 4300. The maximum absolute atomic E-state index is 15.0. The quantitative estimate of drug-likeness (QED) is 0.0597. The molecule has 8 aromatic rings. The molecule has 103 heavy (non-hydrogen) atoms. The van der Waals surface area contributed by atoms with Gasteiger partial charge in [-0.25, -0.2) is 65.9 Å². The van der Waals surface area contributed by atoms with Gasteiger partial charge in [-0.15, -0.1) is 0 Å². The molecule has 0 aliphatic heterocycles. The second-order valence-corrected chi connectivity index (χ2v) is 25.6. The molecule has 4 aliphatic carbocycles. The van der Waals surface area contributed by atoms with Crippen LogP contribution in [0.5, 0.6) is 23.0 Å². The average molecular weight is 1450 g/mol. The molecule has 3 atom stereocenters. The first-order valence-corrected chi connectivity index (χ1v) is 33.1. The Morgan fingerprint density at radius 2 is 0.728 bits per heavy atom. The molecule has 8 aromatic carbocycles. The van der Waals surface area contributed by atoms with E-state index in [1.807, 2.05) is 36.4 Å². The first-order valence-electron chi connectivity index (χ1n) is 33.1. The number of ether oxygens (including phenoxy) is 4. The molecule has 1 saturated carbocycles. The zero-order chi connectivity index (χ0) is 75.2. The zero-order valence-corrected chi connectivity index (χ0v) is 56.5. The Morgan fingerprint density at radius 3 is 1.13 bits per heavy atom. The van der Waals surface area contributed by atoms with Crippen molar-refractivity contribution in [1.29, 1.82) is 0 Å². The molecule has 0 N–H and O–H groups in total. The summed E-state index contributed by atoms with van der Waals surface area (Å²) >= 11 is 0. The number of hydrogen-bond donors (Lipinski definition) is 0. The summed E-state index contributed by atoms with van der Waals surface area (Å²) in [6.07, 6.45) is 10.4. The smallest absolute Gasteiger partial charge is 0.283 e. The fraction of sp³-hybridized carbons (Fsp3) is 0.309. The van der Waals surface area contributed by atoms with E-state index in [9.17, 15) is 79.0 Å². The Labute approximate surface area is 585 Å². The molecule has 0 saturated heterocycles. The molecule has 4 nitrogen and oxygen atoms in total. The fourth-order valence-electron chi connectivity index (χ4n) is 13.7. The van der Waals surface area contributed by atoms with Crippen LogP contribution in [-0.2, 0) is 37.0 Å². The third-order valence-corrected chi connectivity index (χ3v) is 19.0. The summed E-state index contributed by atoms with van der Waals surface area (Å²) in [5, 5.41) is 0. The van der Waals surface area contributed by atoms with E-state index in [2.05, 4.69) is 33.2 Å². The highest BCUT2D eigenvalue weighted by atomic mass is 19.3. The van der Waals surface area contributed by atoms with Gasteiger partial charge >= 0.3 is 0 Å². The molecule has 0 bridgehead atoms. The molecule has 4 aliphatic rings. The summed E-state index contributed by atoms with van der Waals surface area (Å²) in [7, 11) is 0. The van der Waals surface area contributed by atoms with Crippen molar-refractivity contribution in [3.05, 3.63) is 285 Å². The lowest BCUT2D eigenvalue weighted by atomic mass is 9.73. The Morgan fingerprint density at radius 1 is 0.379 bits per heavy atom. The molecule has 0 aromatic heterocycles. The Hall–Kier alpha value is -9.34. The third kappa shape index (κ3) is 15.9. The highest BCUT2D eigenvalue weighted by molar-refractivity contribution is 5.71. The van der Waals surface area contributed by atoms with Gasteiger partial charge < -0.3 is 18.9 Å². The van der Waals surface area contributed by atoms with E-state index in [0.717, 1.165) is 79.7 Å². The van der Waals surface area contributed by atoms with Crippen molar-refractivity contribution in [1.82, 2.24) is 0 Å². The predicted octanol–water partition coefficient (Wildman–Crippen LogP) is 23.7. The second-order valence-electron chi connectivity index (χ2n) is 25.6. The topological polar surface area (TPSA) is 36.9 Å². The third-order valence-electron chi connectivity index (χ3n) is 19.0. The minimum Gasteiger partial charge on any atom is -0.490 e. The number of alkyl halides is 6. The first kappa shape index (κ1) is 77.8. The summed E-state index contributed by atoms with van der Waals surface area (Å²) in [6.45, 7) is 20.2.